The Bertz CT molecular complexity index is 124. The molecule has 0 heterocycles. The van der Waals surface area contributed by atoms with Gasteiger partial charge in [-0.3, -0.25) is 0 Å². The number of carbonyl (C=O) groups excluding carboxylic acids is 1. The van der Waals surface area contributed by atoms with E-state index in [1.807, 2.05) is 13.8 Å². The molecule has 5 nitrogen and oxygen atoms in total. The Morgan fingerprint density at radius 3 is 2.25 bits per heavy atom. The third-order valence-corrected chi connectivity index (χ3v) is 1.15. The van der Waals surface area contributed by atoms with E-state index in [4.69, 9.17) is 15.2 Å². The van der Waals surface area contributed by atoms with Gasteiger partial charge in [-0.15, -0.1) is 0 Å². The van der Waals surface area contributed by atoms with Gasteiger partial charge in [-0.1, -0.05) is 0 Å². The number of hydrogen-bond donors (Lipinski definition) is 2. The summed E-state index contributed by atoms with van der Waals surface area (Å²) in [4.78, 5) is 10.3. The van der Waals surface area contributed by atoms with E-state index in [0.717, 1.165) is 0 Å². The standard InChI is InChI=1S/C7H16N2O3/c1-3-11-6(12-4-2)5-9-7(8)10/h6H,3-5H2,1-2H3,(H3,8,9,10). The fourth-order valence-corrected chi connectivity index (χ4v) is 0.722. The van der Waals surface area contributed by atoms with Crippen LogP contribution in [-0.2, 0) is 9.47 Å². The summed E-state index contributed by atoms with van der Waals surface area (Å²) in [6.45, 7) is 5.10. The minimum atomic E-state index is -0.570. The van der Waals surface area contributed by atoms with Crippen LogP contribution in [0.25, 0.3) is 0 Å². The summed E-state index contributed by atoms with van der Waals surface area (Å²) in [5.41, 5.74) is 4.87. The highest BCUT2D eigenvalue weighted by Gasteiger charge is 2.07. The molecule has 72 valence electrons. The van der Waals surface area contributed by atoms with Gasteiger partial charge in [-0.2, -0.15) is 0 Å². The van der Waals surface area contributed by atoms with Crippen molar-refractivity contribution in [2.75, 3.05) is 19.8 Å². The number of nitrogens with one attached hydrogen (secondary N) is 1. The number of urea groups is 1. The summed E-state index contributed by atoms with van der Waals surface area (Å²) in [5, 5.41) is 2.40. The van der Waals surface area contributed by atoms with Crippen LogP contribution in [-0.4, -0.2) is 32.1 Å². The maximum absolute atomic E-state index is 10.3. The van der Waals surface area contributed by atoms with Gasteiger partial charge in [0.15, 0.2) is 6.29 Å². The molecule has 0 aliphatic carbocycles. The molecule has 0 aliphatic heterocycles. The zero-order valence-corrected chi connectivity index (χ0v) is 7.50. The van der Waals surface area contributed by atoms with E-state index in [9.17, 15) is 4.79 Å². The highest BCUT2D eigenvalue weighted by Crippen LogP contribution is 1.92. The predicted octanol–water partition coefficient (Wildman–Crippen LogP) is 0.0538. The van der Waals surface area contributed by atoms with Crippen LogP contribution in [0.4, 0.5) is 4.79 Å². The molecule has 0 spiro atoms. The first-order chi connectivity index (χ1) is 5.70. The number of carbonyl (C=O) groups is 1. The van der Waals surface area contributed by atoms with Gasteiger partial charge in [0, 0.05) is 13.2 Å². The van der Waals surface area contributed by atoms with Crippen LogP contribution in [0.5, 0.6) is 0 Å². The monoisotopic (exact) mass is 176 g/mol. The number of amides is 2. The van der Waals surface area contributed by atoms with Crippen molar-refractivity contribution in [1.29, 1.82) is 0 Å². The van der Waals surface area contributed by atoms with Crippen molar-refractivity contribution in [3.8, 4) is 0 Å². The lowest BCUT2D eigenvalue weighted by atomic mass is 10.6. The average Bonchev–Trinajstić information content (AvgIpc) is 2.01. The summed E-state index contributed by atoms with van der Waals surface area (Å²) in [6.07, 6.45) is -0.396. The Morgan fingerprint density at radius 2 is 1.92 bits per heavy atom. The molecular weight excluding hydrogens is 160 g/mol. The fraction of sp³-hybridized carbons (Fsp3) is 0.857. The van der Waals surface area contributed by atoms with Gasteiger partial charge < -0.3 is 20.5 Å². The molecule has 0 rings (SSSR count). The average molecular weight is 176 g/mol. The number of nitrogens with two attached hydrogens (primary N) is 1. The Labute approximate surface area is 72.2 Å². The summed E-state index contributed by atoms with van der Waals surface area (Å²) in [6, 6.07) is -0.570. The lowest BCUT2D eigenvalue weighted by molar-refractivity contribution is -0.131. The van der Waals surface area contributed by atoms with E-state index in [1.54, 1.807) is 0 Å². The van der Waals surface area contributed by atoms with Crippen LogP contribution in [0.3, 0.4) is 0 Å². The summed E-state index contributed by atoms with van der Waals surface area (Å²) in [7, 11) is 0. The largest absolute Gasteiger partial charge is 0.352 e. The molecule has 0 atom stereocenters. The van der Waals surface area contributed by atoms with Crippen LogP contribution < -0.4 is 11.1 Å². The van der Waals surface area contributed by atoms with E-state index in [-0.39, 0.29) is 6.54 Å². The Hall–Kier alpha value is -0.810. The third kappa shape index (κ3) is 5.94. The van der Waals surface area contributed by atoms with Crippen molar-refractivity contribution in [3.63, 3.8) is 0 Å². The fourth-order valence-electron chi connectivity index (χ4n) is 0.722. The minimum absolute atomic E-state index is 0.289. The molecule has 0 aromatic carbocycles. The molecular formula is C7H16N2O3. The van der Waals surface area contributed by atoms with Gasteiger partial charge >= 0.3 is 6.03 Å². The molecule has 0 bridgehead atoms. The summed E-state index contributed by atoms with van der Waals surface area (Å²) in [5.74, 6) is 0. The van der Waals surface area contributed by atoms with Gasteiger partial charge in [-0.05, 0) is 13.8 Å². The second kappa shape index (κ2) is 6.87. The van der Waals surface area contributed by atoms with Crippen molar-refractivity contribution >= 4 is 6.03 Å². The van der Waals surface area contributed by atoms with E-state index in [2.05, 4.69) is 5.32 Å². The third-order valence-electron chi connectivity index (χ3n) is 1.15. The highest BCUT2D eigenvalue weighted by atomic mass is 16.7. The first-order valence-corrected chi connectivity index (χ1v) is 3.97. The molecule has 5 heteroatoms. The van der Waals surface area contributed by atoms with Crippen molar-refractivity contribution in [2.45, 2.75) is 20.1 Å². The van der Waals surface area contributed by atoms with Gasteiger partial charge in [0.2, 0.25) is 0 Å². The number of ether oxygens (including phenoxy) is 2. The van der Waals surface area contributed by atoms with Crippen LogP contribution >= 0.6 is 0 Å². The zero-order chi connectivity index (χ0) is 9.40. The smallest absolute Gasteiger partial charge is 0.312 e. The number of hydrogen-bond acceptors (Lipinski definition) is 3. The summed E-state index contributed by atoms with van der Waals surface area (Å²) >= 11 is 0. The molecule has 0 unspecified atom stereocenters. The molecule has 0 saturated carbocycles. The van der Waals surface area contributed by atoms with Crippen molar-refractivity contribution in [1.82, 2.24) is 5.32 Å². The molecule has 0 aromatic heterocycles. The Morgan fingerprint density at radius 1 is 1.42 bits per heavy atom. The van der Waals surface area contributed by atoms with E-state index in [0.29, 0.717) is 13.2 Å². The van der Waals surface area contributed by atoms with Crippen LogP contribution in [0.15, 0.2) is 0 Å². The van der Waals surface area contributed by atoms with Crippen LogP contribution in [0.1, 0.15) is 13.8 Å². The zero-order valence-electron chi connectivity index (χ0n) is 7.50. The van der Waals surface area contributed by atoms with Crippen molar-refractivity contribution in [3.05, 3.63) is 0 Å². The SMILES string of the molecule is CCOC(CNC(N)=O)OCC. The molecule has 3 N–H and O–H groups in total. The number of rotatable bonds is 6. The van der Waals surface area contributed by atoms with E-state index < -0.39 is 12.3 Å². The second-order valence-corrected chi connectivity index (χ2v) is 2.09. The van der Waals surface area contributed by atoms with Gasteiger partial charge in [-0.25, -0.2) is 4.79 Å². The second-order valence-electron chi connectivity index (χ2n) is 2.09. The Kier molecular flexibility index (Phi) is 6.41. The molecule has 12 heavy (non-hydrogen) atoms. The highest BCUT2D eigenvalue weighted by molar-refractivity contribution is 5.71. The lowest BCUT2D eigenvalue weighted by Gasteiger charge is -2.16. The maximum Gasteiger partial charge on any atom is 0.312 e. The van der Waals surface area contributed by atoms with Gasteiger partial charge in [0.05, 0.1) is 6.54 Å². The van der Waals surface area contributed by atoms with Crippen LogP contribution in [0.2, 0.25) is 0 Å². The van der Waals surface area contributed by atoms with Gasteiger partial charge in [0.25, 0.3) is 0 Å². The molecule has 0 fully saturated rings. The van der Waals surface area contributed by atoms with Gasteiger partial charge in [0.1, 0.15) is 0 Å². The summed E-state index contributed by atoms with van der Waals surface area (Å²) < 4.78 is 10.3. The lowest BCUT2D eigenvalue weighted by Crippen LogP contribution is -2.38. The van der Waals surface area contributed by atoms with E-state index in [1.165, 1.54) is 0 Å². The van der Waals surface area contributed by atoms with Crippen molar-refractivity contribution < 1.29 is 14.3 Å². The molecule has 0 aromatic rings. The minimum Gasteiger partial charge on any atom is -0.352 e. The topological polar surface area (TPSA) is 73.6 Å². The normalized spacial score (nSPS) is 10.2. The molecule has 0 saturated heterocycles. The number of primary amides is 1. The molecule has 0 radical (unpaired) electrons. The first-order valence-electron chi connectivity index (χ1n) is 3.97. The first kappa shape index (κ1) is 11.2. The maximum atomic E-state index is 10.3. The Balaban J connectivity index is 3.54. The quantitative estimate of drug-likeness (QED) is 0.562. The van der Waals surface area contributed by atoms with E-state index >= 15 is 0 Å². The molecule has 2 amide bonds. The predicted molar refractivity (Wildman–Crippen MR) is 44.6 cm³/mol. The van der Waals surface area contributed by atoms with Crippen molar-refractivity contribution in [2.24, 2.45) is 5.73 Å². The molecule has 0 aliphatic rings. The van der Waals surface area contributed by atoms with Crippen LogP contribution in [0, 0.1) is 0 Å².